The van der Waals surface area contributed by atoms with Crippen molar-refractivity contribution in [3.8, 4) is 17.2 Å². The van der Waals surface area contributed by atoms with Gasteiger partial charge in [0.25, 0.3) is 0 Å². The Morgan fingerprint density at radius 3 is 3.07 bits per heavy atom. The molecule has 1 aromatic carbocycles. The first-order valence-electron chi connectivity index (χ1n) is 4.52. The van der Waals surface area contributed by atoms with E-state index in [1.165, 1.54) is 7.11 Å². The van der Waals surface area contributed by atoms with Crippen LogP contribution in [0.1, 0.15) is 18.0 Å². The predicted molar refractivity (Wildman–Crippen MR) is 51.7 cm³/mol. The van der Waals surface area contributed by atoms with E-state index in [1.807, 2.05) is 0 Å². The van der Waals surface area contributed by atoms with Crippen molar-refractivity contribution in [3.63, 3.8) is 0 Å². The van der Waals surface area contributed by atoms with Crippen molar-refractivity contribution in [1.82, 2.24) is 0 Å². The van der Waals surface area contributed by atoms with Gasteiger partial charge in [-0.05, 0) is 12.1 Å². The van der Waals surface area contributed by atoms with E-state index < -0.39 is 0 Å². The standard InChI is InChI=1S/C10H13NO3/c1-13-10-8(12)3-2-6-7(11)4-5-14-9(6)10/h2-3,7,12H,4-5,11H2,1H3/t7-/m0/s1. The molecule has 2 rings (SSSR count). The van der Waals surface area contributed by atoms with Gasteiger partial charge in [0.05, 0.1) is 13.7 Å². The van der Waals surface area contributed by atoms with Crippen LogP contribution in [-0.2, 0) is 0 Å². The van der Waals surface area contributed by atoms with Gasteiger partial charge in [0, 0.05) is 18.0 Å². The number of nitrogens with two attached hydrogens (primary N) is 1. The summed E-state index contributed by atoms with van der Waals surface area (Å²) in [6.45, 7) is 0.563. The Balaban J connectivity index is 2.55. The summed E-state index contributed by atoms with van der Waals surface area (Å²) in [5, 5.41) is 9.51. The molecule has 14 heavy (non-hydrogen) atoms. The second-order valence-corrected chi connectivity index (χ2v) is 3.28. The average molecular weight is 195 g/mol. The number of methoxy groups -OCH3 is 1. The molecule has 0 spiro atoms. The van der Waals surface area contributed by atoms with Gasteiger partial charge in [-0.2, -0.15) is 0 Å². The van der Waals surface area contributed by atoms with E-state index in [9.17, 15) is 5.11 Å². The van der Waals surface area contributed by atoms with Crippen molar-refractivity contribution in [2.45, 2.75) is 12.5 Å². The third kappa shape index (κ3) is 1.28. The number of ether oxygens (including phenoxy) is 2. The number of benzene rings is 1. The highest BCUT2D eigenvalue weighted by atomic mass is 16.5. The topological polar surface area (TPSA) is 64.7 Å². The van der Waals surface area contributed by atoms with Crippen LogP contribution >= 0.6 is 0 Å². The first-order valence-corrected chi connectivity index (χ1v) is 4.52. The summed E-state index contributed by atoms with van der Waals surface area (Å²) in [5.74, 6) is 1.03. The first kappa shape index (κ1) is 9.15. The monoisotopic (exact) mass is 195 g/mol. The first-order chi connectivity index (χ1) is 6.74. The number of rotatable bonds is 1. The zero-order valence-corrected chi connectivity index (χ0v) is 7.99. The molecule has 0 amide bonds. The Kier molecular flexibility index (Phi) is 2.21. The largest absolute Gasteiger partial charge is 0.504 e. The van der Waals surface area contributed by atoms with E-state index in [0.717, 1.165) is 12.0 Å². The fourth-order valence-electron chi connectivity index (χ4n) is 1.65. The molecular weight excluding hydrogens is 182 g/mol. The summed E-state index contributed by atoms with van der Waals surface area (Å²) in [4.78, 5) is 0. The van der Waals surface area contributed by atoms with Crippen LogP contribution in [0.2, 0.25) is 0 Å². The summed E-state index contributed by atoms with van der Waals surface area (Å²) >= 11 is 0. The van der Waals surface area contributed by atoms with Crippen molar-refractivity contribution in [3.05, 3.63) is 17.7 Å². The van der Waals surface area contributed by atoms with Crippen LogP contribution in [0.3, 0.4) is 0 Å². The van der Waals surface area contributed by atoms with Crippen LogP contribution in [0.15, 0.2) is 12.1 Å². The van der Waals surface area contributed by atoms with Crippen LogP contribution in [0.25, 0.3) is 0 Å². The van der Waals surface area contributed by atoms with E-state index in [0.29, 0.717) is 18.1 Å². The van der Waals surface area contributed by atoms with Crippen molar-refractivity contribution < 1.29 is 14.6 Å². The lowest BCUT2D eigenvalue weighted by Gasteiger charge is -2.24. The fourth-order valence-corrected chi connectivity index (χ4v) is 1.65. The summed E-state index contributed by atoms with van der Waals surface area (Å²) in [6.07, 6.45) is 0.793. The average Bonchev–Trinajstić information content (AvgIpc) is 2.18. The third-order valence-corrected chi connectivity index (χ3v) is 2.40. The van der Waals surface area contributed by atoms with Gasteiger partial charge in [0.1, 0.15) is 0 Å². The molecule has 0 fully saturated rings. The molecule has 4 heteroatoms. The van der Waals surface area contributed by atoms with Crippen molar-refractivity contribution in [2.75, 3.05) is 13.7 Å². The lowest BCUT2D eigenvalue weighted by atomic mass is 10.0. The van der Waals surface area contributed by atoms with Gasteiger partial charge >= 0.3 is 0 Å². The van der Waals surface area contributed by atoms with E-state index in [4.69, 9.17) is 15.2 Å². The van der Waals surface area contributed by atoms with Crippen molar-refractivity contribution in [2.24, 2.45) is 5.73 Å². The predicted octanol–water partition coefficient (Wildman–Crippen LogP) is 1.18. The van der Waals surface area contributed by atoms with Gasteiger partial charge in [-0.3, -0.25) is 0 Å². The highest BCUT2D eigenvalue weighted by molar-refractivity contribution is 5.56. The molecule has 0 saturated heterocycles. The fraction of sp³-hybridized carbons (Fsp3) is 0.400. The van der Waals surface area contributed by atoms with Gasteiger partial charge < -0.3 is 20.3 Å². The molecule has 0 radical (unpaired) electrons. The van der Waals surface area contributed by atoms with Crippen LogP contribution in [0.5, 0.6) is 17.2 Å². The summed E-state index contributed by atoms with van der Waals surface area (Å²) in [7, 11) is 1.50. The van der Waals surface area contributed by atoms with E-state index in [1.54, 1.807) is 12.1 Å². The van der Waals surface area contributed by atoms with E-state index in [2.05, 4.69) is 0 Å². The molecule has 1 atom stereocenters. The molecule has 0 aliphatic carbocycles. The normalized spacial score (nSPS) is 19.7. The van der Waals surface area contributed by atoms with Crippen LogP contribution in [0.4, 0.5) is 0 Å². The lowest BCUT2D eigenvalue weighted by molar-refractivity contribution is 0.248. The van der Waals surface area contributed by atoms with Crippen LogP contribution in [-0.4, -0.2) is 18.8 Å². The second-order valence-electron chi connectivity index (χ2n) is 3.28. The number of phenolic OH excluding ortho intramolecular Hbond substituents is 1. The summed E-state index contributed by atoms with van der Waals surface area (Å²) in [5.41, 5.74) is 6.80. The number of fused-ring (bicyclic) bond motifs is 1. The van der Waals surface area contributed by atoms with E-state index >= 15 is 0 Å². The smallest absolute Gasteiger partial charge is 0.203 e. The molecule has 0 unspecified atom stereocenters. The number of hydrogen-bond acceptors (Lipinski definition) is 4. The molecule has 1 aromatic rings. The molecule has 76 valence electrons. The maximum Gasteiger partial charge on any atom is 0.203 e. The zero-order valence-electron chi connectivity index (χ0n) is 7.99. The van der Waals surface area contributed by atoms with Gasteiger partial charge in [0.15, 0.2) is 11.5 Å². The maximum absolute atomic E-state index is 9.51. The molecule has 1 heterocycles. The number of hydrogen-bond donors (Lipinski definition) is 2. The third-order valence-electron chi connectivity index (χ3n) is 2.40. The Labute approximate surface area is 82.2 Å². The minimum atomic E-state index is -0.0340. The molecule has 0 bridgehead atoms. The summed E-state index contributed by atoms with van der Waals surface area (Å²) in [6, 6.07) is 3.32. The van der Waals surface area contributed by atoms with Crippen LogP contribution < -0.4 is 15.2 Å². The SMILES string of the molecule is COc1c(O)ccc2c1OCC[C@@H]2N. The lowest BCUT2D eigenvalue weighted by Crippen LogP contribution is -2.20. The highest BCUT2D eigenvalue weighted by Gasteiger charge is 2.23. The van der Waals surface area contributed by atoms with Crippen LogP contribution in [0, 0.1) is 0 Å². The Hall–Kier alpha value is -1.42. The highest BCUT2D eigenvalue weighted by Crippen LogP contribution is 2.43. The number of phenols is 1. The van der Waals surface area contributed by atoms with Crippen molar-refractivity contribution in [1.29, 1.82) is 0 Å². The minimum Gasteiger partial charge on any atom is -0.504 e. The maximum atomic E-state index is 9.51. The molecule has 0 aromatic heterocycles. The second kappa shape index (κ2) is 3.38. The van der Waals surface area contributed by atoms with Gasteiger partial charge in [-0.25, -0.2) is 0 Å². The Bertz CT molecular complexity index is 351. The Morgan fingerprint density at radius 2 is 2.36 bits per heavy atom. The summed E-state index contributed by atoms with van der Waals surface area (Å²) < 4.78 is 10.5. The quantitative estimate of drug-likeness (QED) is 0.706. The van der Waals surface area contributed by atoms with Gasteiger partial charge in [0.2, 0.25) is 5.75 Å². The minimum absolute atomic E-state index is 0.0340. The number of aromatic hydroxyl groups is 1. The zero-order chi connectivity index (χ0) is 10.1. The van der Waals surface area contributed by atoms with Gasteiger partial charge in [-0.15, -0.1) is 0 Å². The molecule has 0 saturated carbocycles. The molecule has 1 aliphatic rings. The van der Waals surface area contributed by atoms with Gasteiger partial charge in [-0.1, -0.05) is 0 Å². The molecule has 3 N–H and O–H groups in total. The van der Waals surface area contributed by atoms with E-state index in [-0.39, 0.29) is 11.8 Å². The van der Waals surface area contributed by atoms with Crippen molar-refractivity contribution >= 4 is 0 Å². The molecular formula is C10H13NO3. The Morgan fingerprint density at radius 1 is 1.57 bits per heavy atom. The molecule has 1 aliphatic heterocycles. The molecule has 4 nitrogen and oxygen atoms in total.